The summed E-state index contributed by atoms with van der Waals surface area (Å²) >= 11 is 0. The van der Waals surface area contributed by atoms with Crippen molar-refractivity contribution in [2.24, 2.45) is 5.10 Å². The molecule has 0 bridgehead atoms. The predicted molar refractivity (Wildman–Crippen MR) is 112 cm³/mol. The number of rotatable bonds is 5. The molecule has 1 aliphatic carbocycles. The molecule has 2 aromatic rings. The van der Waals surface area contributed by atoms with E-state index in [0.29, 0.717) is 49.6 Å². The number of allylic oxidation sites excluding steroid dienone is 4. The molecule has 11 heteroatoms. The minimum Gasteiger partial charge on any atom is -0.378 e. The van der Waals surface area contributed by atoms with Crippen molar-refractivity contribution in [2.75, 3.05) is 36.6 Å². The Labute approximate surface area is 181 Å². The number of pyridine rings is 1. The maximum Gasteiger partial charge on any atom is 0.412 e. The second-order valence-electron chi connectivity index (χ2n) is 7.17. The summed E-state index contributed by atoms with van der Waals surface area (Å²) in [5.74, 6) is -0.270. The first-order chi connectivity index (χ1) is 15.4. The number of hydrazone groups is 1. The van der Waals surface area contributed by atoms with Crippen molar-refractivity contribution < 1.29 is 22.3 Å². The Balaban J connectivity index is 1.46. The quantitative estimate of drug-likeness (QED) is 0.424. The number of hydrogen-bond acceptors (Lipinski definition) is 7. The standard InChI is InChI=1S/C21H20F4N6O/c22-18-13-27-20(29-19(18)31-6-8-32-9-7-31)30-28-12-17-11-15(4-5-26-17)14-2-1-3-16(10-14)21(23,24)25/h2,4-5,10-13H,1,3,6-9H2,(H,27,29,30)/b28-12-. The van der Waals surface area contributed by atoms with Crippen molar-refractivity contribution in [3.8, 4) is 0 Å². The second kappa shape index (κ2) is 9.43. The highest BCUT2D eigenvalue weighted by atomic mass is 19.4. The predicted octanol–water partition coefficient (Wildman–Crippen LogP) is 3.96. The number of nitrogens with one attached hydrogen (secondary N) is 1. The van der Waals surface area contributed by atoms with E-state index in [4.69, 9.17) is 4.74 Å². The molecule has 0 radical (unpaired) electrons. The topological polar surface area (TPSA) is 75.5 Å². The van der Waals surface area contributed by atoms with Crippen molar-refractivity contribution in [3.05, 3.63) is 59.3 Å². The van der Waals surface area contributed by atoms with Crippen molar-refractivity contribution in [1.29, 1.82) is 0 Å². The molecule has 0 atom stereocenters. The summed E-state index contributed by atoms with van der Waals surface area (Å²) in [7, 11) is 0. The zero-order chi connectivity index (χ0) is 22.6. The largest absolute Gasteiger partial charge is 0.412 e. The minimum absolute atomic E-state index is 0.0274. The van der Waals surface area contributed by atoms with Crippen LogP contribution in [0.15, 0.2) is 47.4 Å². The van der Waals surface area contributed by atoms with E-state index in [2.05, 4.69) is 25.5 Å². The van der Waals surface area contributed by atoms with Crippen molar-refractivity contribution in [2.45, 2.75) is 19.0 Å². The van der Waals surface area contributed by atoms with Crippen LogP contribution >= 0.6 is 0 Å². The van der Waals surface area contributed by atoms with Crippen LogP contribution in [0, 0.1) is 5.82 Å². The minimum atomic E-state index is -4.34. The van der Waals surface area contributed by atoms with Gasteiger partial charge in [0.25, 0.3) is 0 Å². The molecule has 0 amide bonds. The van der Waals surface area contributed by atoms with E-state index >= 15 is 0 Å². The van der Waals surface area contributed by atoms with Crippen molar-refractivity contribution in [1.82, 2.24) is 15.0 Å². The molecule has 1 aliphatic heterocycles. The number of nitrogens with zero attached hydrogens (tertiary/aromatic N) is 5. The smallest absolute Gasteiger partial charge is 0.378 e. The lowest BCUT2D eigenvalue weighted by molar-refractivity contribution is -0.0939. The summed E-state index contributed by atoms with van der Waals surface area (Å²) in [5, 5.41) is 4.03. The van der Waals surface area contributed by atoms with Gasteiger partial charge in [-0.05, 0) is 42.2 Å². The van der Waals surface area contributed by atoms with Gasteiger partial charge >= 0.3 is 6.18 Å². The van der Waals surface area contributed by atoms with Gasteiger partial charge in [-0.3, -0.25) is 4.98 Å². The van der Waals surface area contributed by atoms with E-state index < -0.39 is 17.6 Å². The number of halogens is 4. The van der Waals surface area contributed by atoms with Crippen molar-refractivity contribution >= 4 is 23.6 Å². The molecule has 1 N–H and O–H groups in total. The SMILES string of the molecule is Fc1cnc(N/N=C\c2cc(C3=CCCC(C(F)(F)F)=C3)ccn2)nc1N1CCOCC1. The number of hydrogen-bond donors (Lipinski definition) is 1. The van der Waals surface area contributed by atoms with Gasteiger partial charge in [0, 0.05) is 24.9 Å². The number of morpholine rings is 1. The molecular formula is C21H20F4N6O. The monoisotopic (exact) mass is 448 g/mol. The van der Waals surface area contributed by atoms with Crippen molar-refractivity contribution in [3.63, 3.8) is 0 Å². The van der Waals surface area contributed by atoms with E-state index in [9.17, 15) is 17.6 Å². The number of ether oxygens (including phenoxy) is 1. The molecule has 0 saturated carbocycles. The molecule has 0 unspecified atom stereocenters. The van der Waals surface area contributed by atoms with Crippen LogP contribution in [-0.4, -0.2) is 53.6 Å². The van der Waals surface area contributed by atoms with Crippen LogP contribution in [0.2, 0.25) is 0 Å². The molecule has 2 aromatic heterocycles. The molecule has 1 saturated heterocycles. The molecule has 1 fully saturated rings. The Bertz CT molecular complexity index is 1060. The highest BCUT2D eigenvalue weighted by molar-refractivity contribution is 5.82. The Morgan fingerprint density at radius 3 is 2.78 bits per heavy atom. The van der Waals surface area contributed by atoms with Gasteiger partial charge in [0.2, 0.25) is 5.95 Å². The summed E-state index contributed by atoms with van der Waals surface area (Å²) < 4.78 is 58.4. The Hall–Kier alpha value is -3.34. The summed E-state index contributed by atoms with van der Waals surface area (Å²) in [6.07, 6.45) is 2.84. The van der Waals surface area contributed by atoms with Crippen LogP contribution < -0.4 is 10.3 Å². The van der Waals surface area contributed by atoms with Crippen LogP contribution in [0.1, 0.15) is 24.1 Å². The number of aromatic nitrogens is 3. The second-order valence-corrected chi connectivity index (χ2v) is 7.17. The van der Waals surface area contributed by atoms with E-state index in [0.717, 1.165) is 12.3 Å². The van der Waals surface area contributed by atoms with Gasteiger partial charge in [-0.1, -0.05) is 6.08 Å². The molecule has 0 aromatic carbocycles. The maximum absolute atomic E-state index is 14.1. The summed E-state index contributed by atoms with van der Waals surface area (Å²) in [6.45, 7) is 2.02. The van der Waals surface area contributed by atoms with Gasteiger partial charge in [0.15, 0.2) is 11.6 Å². The highest BCUT2D eigenvalue weighted by Gasteiger charge is 2.34. The third-order valence-corrected chi connectivity index (χ3v) is 4.98. The molecule has 2 aliphatic rings. The third kappa shape index (κ3) is 5.28. The van der Waals surface area contributed by atoms with E-state index in [1.54, 1.807) is 23.1 Å². The lowest BCUT2D eigenvalue weighted by Crippen LogP contribution is -2.37. The lowest BCUT2D eigenvalue weighted by Gasteiger charge is -2.27. The molecule has 3 heterocycles. The molecule has 168 valence electrons. The first-order valence-corrected chi connectivity index (χ1v) is 9.99. The first kappa shape index (κ1) is 21.9. The fourth-order valence-electron chi connectivity index (χ4n) is 3.39. The molecule has 32 heavy (non-hydrogen) atoms. The van der Waals surface area contributed by atoms with Crippen LogP contribution in [-0.2, 0) is 4.74 Å². The third-order valence-electron chi connectivity index (χ3n) is 4.98. The average molecular weight is 448 g/mol. The van der Waals surface area contributed by atoms with E-state index in [1.807, 2.05) is 0 Å². The zero-order valence-corrected chi connectivity index (χ0v) is 16.9. The average Bonchev–Trinajstić information content (AvgIpc) is 2.80. The maximum atomic E-state index is 14.1. The summed E-state index contributed by atoms with van der Waals surface area (Å²) in [5.41, 5.74) is 3.61. The first-order valence-electron chi connectivity index (χ1n) is 9.99. The fourth-order valence-corrected chi connectivity index (χ4v) is 3.39. The highest BCUT2D eigenvalue weighted by Crippen LogP contribution is 2.35. The van der Waals surface area contributed by atoms with Crippen LogP contribution in [0.25, 0.3) is 5.57 Å². The van der Waals surface area contributed by atoms with Gasteiger partial charge in [0.1, 0.15) is 0 Å². The molecular weight excluding hydrogens is 428 g/mol. The Morgan fingerprint density at radius 1 is 1.19 bits per heavy atom. The normalized spacial score (nSPS) is 17.3. The van der Waals surface area contributed by atoms with Gasteiger partial charge < -0.3 is 9.64 Å². The zero-order valence-electron chi connectivity index (χ0n) is 16.9. The number of alkyl halides is 3. The van der Waals surface area contributed by atoms with Crippen LogP contribution in [0.4, 0.5) is 29.3 Å². The van der Waals surface area contributed by atoms with Gasteiger partial charge in [-0.2, -0.15) is 23.3 Å². The Morgan fingerprint density at radius 2 is 2.00 bits per heavy atom. The Kier molecular flexibility index (Phi) is 6.45. The lowest BCUT2D eigenvalue weighted by atomic mass is 9.94. The molecule has 4 rings (SSSR count). The van der Waals surface area contributed by atoms with E-state index in [-0.39, 0.29) is 18.2 Å². The summed E-state index contributed by atoms with van der Waals surface area (Å²) in [6, 6.07) is 3.28. The van der Waals surface area contributed by atoms with Crippen LogP contribution in [0.3, 0.4) is 0 Å². The van der Waals surface area contributed by atoms with Gasteiger partial charge in [0.05, 0.1) is 31.3 Å². The number of anilines is 2. The molecule has 7 nitrogen and oxygen atoms in total. The molecule has 0 spiro atoms. The fraction of sp³-hybridized carbons (Fsp3) is 0.333. The van der Waals surface area contributed by atoms with Gasteiger partial charge in [-0.25, -0.2) is 14.8 Å². The van der Waals surface area contributed by atoms with Crippen LogP contribution in [0.5, 0.6) is 0 Å². The summed E-state index contributed by atoms with van der Waals surface area (Å²) in [4.78, 5) is 14.0. The van der Waals surface area contributed by atoms with Gasteiger partial charge in [-0.15, -0.1) is 0 Å². The van der Waals surface area contributed by atoms with E-state index in [1.165, 1.54) is 12.4 Å².